The van der Waals surface area contributed by atoms with Gasteiger partial charge in [-0.3, -0.25) is 4.79 Å². The van der Waals surface area contributed by atoms with Gasteiger partial charge in [0.2, 0.25) is 5.91 Å². The molecule has 0 aliphatic heterocycles. The lowest BCUT2D eigenvalue weighted by atomic mass is 9.78. The van der Waals surface area contributed by atoms with Gasteiger partial charge in [0.1, 0.15) is 0 Å². The minimum absolute atomic E-state index is 0.212. The van der Waals surface area contributed by atoms with Crippen molar-refractivity contribution in [2.75, 3.05) is 13.1 Å². The number of hydrogen-bond acceptors (Lipinski definition) is 2. The van der Waals surface area contributed by atoms with Crippen LogP contribution in [0.2, 0.25) is 0 Å². The molecule has 0 radical (unpaired) electrons. The van der Waals surface area contributed by atoms with Crippen LogP contribution < -0.4 is 10.6 Å². The highest BCUT2D eigenvalue weighted by Gasteiger charge is 2.28. The fraction of sp³-hybridized carbons (Fsp3) is 0.929. The van der Waals surface area contributed by atoms with Crippen molar-refractivity contribution in [3.8, 4) is 0 Å². The third kappa shape index (κ3) is 5.07. The predicted octanol–water partition coefficient (Wildman–Crippen LogP) is 2.32. The summed E-state index contributed by atoms with van der Waals surface area (Å²) in [5.41, 5.74) is 0. The molecule has 0 heterocycles. The average Bonchev–Trinajstić information content (AvgIpc) is 2.29. The first-order valence-corrected chi connectivity index (χ1v) is 7.15. The minimum Gasteiger partial charge on any atom is -0.353 e. The van der Waals surface area contributed by atoms with E-state index >= 15 is 0 Å². The standard InChI is InChI=1S/C14H28N2O/c1-4-15-10-9-14(17)16-13-8-6-5-7-12(13)11(2)3/h11-13,15H,4-10H2,1-3H3,(H,16,17). The van der Waals surface area contributed by atoms with Gasteiger partial charge in [-0.15, -0.1) is 0 Å². The lowest BCUT2D eigenvalue weighted by Gasteiger charge is -2.34. The van der Waals surface area contributed by atoms with E-state index in [0.29, 0.717) is 24.3 Å². The van der Waals surface area contributed by atoms with Crippen LogP contribution in [0.15, 0.2) is 0 Å². The number of nitrogens with one attached hydrogen (secondary N) is 2. The van der Waals surface area contributed by atoms with Crippen LogP contribution in [-0.4, -0.2) is 25.0 Å². The highest BCUT2D eigenvalue weighted by molar-refractivity contribution is 5.76. The fourth-order valence-corrected chi connectivity index (χ4v) is 2.79. The lowest BCUT2D eigenvalue weighted by Crippen LogP contribution is -2.44. The van der Waals surface area contributed by atoms with Crippen molar-refractivity contribution in [1.29, 1.82) is 0 Å². The van der Waals surface area contributed by atoms with E-state index in [1.54, 1.807) is 0 Å². The number of hydrogen-bond donors (Lipinski definition) is 2. The van der Waals surface area contributed by atoms with Crippen LogP contribution in [0.25, 0.3) is 0 Å². The Balaban J connectivity index is 2.34. The first kappa shape index (κ1) is 14.5. The van der Waals surface area contributed by atoms with Gasteiger partial charge in [-0.2, -0.15) is 0 Å². The molecule has 2 N–H and O–H groups in total. The van der Waals surface area contributed by atoms with Crippen molar-refractivity contribution in [3.05, 3.63) is 0 Å². The molecule has 100 valence electrons. The van der Waals surface area contributed by atoms with Crippen LogP contribution in [0.5, 0.6) is 0 Å². The summed E-state index contributed by atoms with van der Waals surface area (Å²) in [6, 6.07) is 0.415. The van der Waals surface area contributed by atoms with E-state index in [1.807, 2.05) is 0 Å². The molecule has 1 saturated carbocycles. The van der Waals surface area contributed by atoms with Gasteiger partial charge in [0.05, 0.1) is 0 Å². The highest BCUT2D eigenvalue weighted by atomic mass is 16.1. The number of amides is 1. The zero-order valence-electron chi connectivity index (χ0n) is 11.6. The van der Waals surface area contributed by atoms with E-state index in [1.165, 1.54) is 19.3 Å². The summed E-state index contributed by atoms with van der Waals surface area (Å²) < 4.78 is 0. The van der Waals surface area contributed by atoms with E-state index in [4.69, 9.17) is 0 Å². The molecule has 1 aliphatic carbocycles. The molecule has 0 saturated heterocycles. The Morgan fingerprint density at radius 3 is 2.65 bits per heavy atom. The van der Waals surface area contributed by atoms with Gasteiger partial charge in [0.25, 0.3) is 0 Å². The van der Waals surface area contributed by atoms with E-state index < -0.39 is 0 Å². The number of carbonyl (C=O) groups is 1. The molecule has 1 aliphatic rings. The molecule has 0 aromatic rings. The molecule has 1 rings (SSSR count). The van der Waals surface area contributed by atoms with Gasteiger partial charge in [0, 0.05) is 19.0 Å². The van der Waals surface area contributed by atoms with Gasteiger partial charge < -0.3 is 10.6 Å². The number of carbonyl (C=O) groups excluding carboxylic acids is 1. The summed E-state index contributed by atoms with van der Waals surface area (Å²) in [4.78, 5) is 11.8. The Bertz CT molecular complexity index is 228. The summed E-state index contributed by atoms with van der Waals surface area (Å²) in [7, 11) is 0. The van der Waals surface area contributed by atoms with Crippen molar-refractivity contribution >= 4 is 5.91 Å². The average molecular weight is 240 g/mol. The van der Waals surface area contributed by atoms with Crippen LogP contribution in [0.4, 0.5) is 0 Å². The second-order valence-electron chi connectivity index (χ2n) is 5.47. The minimum atomic E-state index is 0.212. The maximum atomic E-state index is 11.8. The molecular formula is C14H28N2O. The Labute approximate surface area is 106 Å². The molecule has 2 unspecified atom stereocenters. The van der Waals surface area contributed by atoms with Crippen molar-refractivity contribution in [2.45, 2.75) is 58.9 Å². The number of rotatable bonds is 6. The third-order valence-corrected chi connectivity index (χ3v) is 3.80. The molecule has 2 atom stereocenters. The van der Waals surface area contributed by atoms with Gasteiger partial charge in [-0.05, 0) is 31.2 Å². The topological polar surface area (TPSA) is 41.1 Å². The summed E-state index contributed by atoms with van der Waals surface area (Å²) in [6.45, 7) is 8.34. The summed E-state index contributed by atoms with van der Waals surface area (Å²) >= 11 is 0. The first-order chi connectivity index (χ1) is 8.15. The highest BCUT2D eigenvalue weighted by Crippen LogP contribution is 2.30. The summed E-state index contributed by atoms with van der Waals surface area (Å²) in [6.07, 6.45) is 5.63. The monoisotopic (exact) mass is 240 g/mol. The second-order valence-corrected chi connectivity index (χ2v) is 5.47. The van der Waals surface area contributed by atoms with Gasteiger partial charge in [0.15, 0.2) is 0 Å². The normalized spacial score (nSPS) is 24.9. The molecule has 0 spiro atoms. The summed E-state index contributed by atoms with van der Waals surface area (Å²) in [5, 5.41) is 6.42. The van der Waals surface area contributed by atoms with Gasteiger partial charge in [-0.25, -0.2) is 0 Å². The van der Waals surface area contributed by atoms with Crippen LogP contribution in [0.3, 0.4) is 0 Å². The van der Waals surface area contributed by atoms with Gasteiger partial charge in [-0.1, -0.05) is 33.6 Å². The SMILES string of the molecule is CCNCCC(=O)NC1CCCCC1C(C)C. The zero-order valence-corrected chi connectivity index (χ0v) is 11.6. The van der Waals surface area contributed by atoms with Crippen molar-refractivity contribution in [3.63, 3.8) is 0 Å². The Kier molecular flexibility index (Phi) is 6.56. The zero-order chi connectivity index (χ0) is 12.7. The smallest absolute Gasteiger partial charge is 0.221 e. The molecular weight excluding hydrogens is 212 g/mol. The lowest BCUT2D eigenvalue weighted by molar-refractivity contribution is -0.122. The van der Waals surface area contributed by atoms with Crippen LogP contribution in [0, 0.1) is 11.8 Å². The maximum absolute atomic E-state index is 11.8. The molecule has 0 aromatic carbocycles. The Hall–Kier alpha value is -0.570. The first-order valence-electron chi connectivity index (χ1n) is 7.15. The molecule has 3 heteroatoms. The molecule has 1 amide bonds. The van der Waals surface area contributed by atoms with E-state index in [2.05, 4.69) is 31.4 Å². The molecule has 0 aromatic heterocycles. The maximum Gasteiger partial charge on any atom is 0.221 e. The molecule has 1 fully saturated rings. The molecule has 17 heavy (non-hydrogen) atoms. The van der Waals surface area contributed by atoms with E-state index in [9.17, 15) is 4.79 Å². The molecule has 0 bridgehead atoms. The Morgan fingerprint density at radius 1 is 1.29 bits per heavy atom. The summed E-state index contributed by atoms with van der Waals surface area (Å²) in [5.74, 6) is 1.56. The fourth-order valence-electron chi connectivity index (χ4n) is 2.79. The van der Waals surface area contributed by atoms with Crippen LogP contribution in [-0.2, 0) is 4.79 Å². The largest absolute Gasteiger partial charge is 0.353 e. The van der Waals surface area contributed by atoms with Crippen LogP contribution >= 0.6 is 0 Å². The van der Waals surface area contributed by atoms with Gasteiger partial charge >= 0.3 is 0 Å². The van der Waals surface area contributed by atoms with E-state index in [0.717, 1.165) is 19.5 Å². The van der Waals surface area contributed by atoms with E-state index in [-0.39, 0.29) is 5.91 Å². The third-order valence-electron chi connectivity index (χ3n) is 3.80. The Morgan fingerprint density at radius 2 is 2.00 bits per heavy atom. The predicted molar refractivity (Wildman–Crippen MR) is 71.9 cm³/mol. The second kappa shape index (κ2) is 7.70. The van der Waals surface area contributed by atoms with Crippen molar-refractivity contribution in [2.24, 2.45) is 11.8 Å². The van der Waals surface area contributed by atoms with Crippen molar-refractivity contribution < 1.29 is 4.79 Å². The quantitative estimate of drug-likeness (QED) is 0.700. The van der Waals surface area contributed by atoms with Crippen molar-refractivity contribution in [1.82, 2.24) is 10.6 Å². The molecule has 3 nitrogen and oxygen atoms in total. The van der Waals surface area contributed by atoms with Crippen LogP contribution in [0.1, 0.15) is 52.9 Å².